The number of aromatic carboxylic acids is 1. The van der Waals surface area contributed by atoms with Gasteiger partial charge in [-0.15, -0.1) is 0 Å². The molecular weight excluding hydrogens is 270 g/mol. The summed E-state index contributed by atoms with van der Waals surface area (Å²) in [6.07, 6.45) is 0. The summed E-state index contributed by atoms with van der Waals surface area (Å²) in [6, 6.07) is 10.4. The highest BCUT2D eigenvalue weighted by Gasteiger charge is 2.15. The SMILES string of the molecule is C[Si](C)(C)CCOCn1c(C(=O)O)cc2ccccc21. The van der Waals surface area contributed by atoms with E-state index < -0.39 is 14.0 Å². The molecule has 0 amide bonds. The third-order valence-corrected chi connectivity index (χ3v) is 4.95. The number of fused-ring (bicyclic) bond motifs is 1. The molecule has 0 aliphatic carbocycles. The van der Waals surface area contributed by atoms with Gasteiger partial charge in [0.05, 0.1) is 5.52 Å². The van der Waals surface area contributed by atoms with Crippen LogP contribution in [0.3, 0.4) is 0 Å². The van der Waals surface area contributed by atoms with Gasteiger partial charge in [-0.05, 0) is 18.2 Å². The van der Waals surface area contributed by atoms with E-state index in [0.717, 1.165) is 16.9 Å². The maximum atomic E-state index is 11.3. The van der Waals surface area contributed by atoms with Gasteiger partial charge in [0.2, 0.25) is 0 Å². The van der Waals surface area contributed by atoms with Crippen LogP contribution in [-0.4, -0.2) is 30.3 Å². The molecular formula is C15H21NO3Si. The van der Waals surface area contributed by atoms with Crippen LogP contribution in [0.15, 0.2) is 30.3 Å². The molecule has 0 aliphatic heterocycles. The minimum absolute atomic E-state index is 0.277. The molecule has 20 heavy (non-hydrogen) atoms. The zero-order chi connectivity index (χ0) is 14.8. The van der Waals surface area contributed by atoms with Crippen LogP contribution in [0.2, 0.25) is 25.7 Å². The van der Waals surface area contributed by atoms with Crippen molar-refractivity contribution < 1.29 is 14.6 Å². The van der Waals surface area contributed by atoms with Crippen LogP contribution < -0.4 is 0 Å². The normalized spacial score (nSPS) is 11.9. The van der Waals surface area contributed by atoms with Crippen molar-refractivity contribution in [2.45, 2.75) is 32.4 Å². The van der Waals surface area contributed by atoms with Gasteiger partial charge in [0.15, 0.2) is 0 Å². The lowest BCUT2D eigenvalue weighted by atomic mass is 10.2. The predicted molar refractivity (Wildman–Crippen MR) is 83.0 cm³/mol. The molecule has 0 radical (unpaired) electrons. The largest absolute Gasteiger partial charge is 0.477 e. The molecule has 0 atom stereocenters. The second-order valence-electron chi connectivity index (χ2n) is 6.17. The Morgan fingerprint density at radius 3 is 2.65 bits per heavy atom. The fourth-order valence-corrected chi connectivity index (χ4v) is 2.82. The number of carbonyl (C=O) groups is 1. The molecule has 4 nitrogen and oxygen atoms in total. The molecule has 0 aliphatic rings. The molecule has 0 bridgehead atoms. The molecule has 0 spiro atoms. The molecule has 5 heteroatoms. The van der Waals surface area contributed by atoms with Gasteiger partial charge in [0, 0.05) is 20.1 Å². The van der Waals surface area contributed by atoms with Gasteiger partial charge < -0.3 is 14.4 Å². The molecule has 0 saturated carbocycles. The first-order chi connectivity index (χ1) is 9.38. The summed E-state index contributed by atoms with van der Waals surface area (Å²) < 4.78 is 7.41. The Morgan fingerprint density at radius 2 is 2.00 bits per heavy atom. The number of aromatic nitrogens is 1. The highest BCUT2D eigenvalue weighted by Crippen LogP contribution is 2.20. The topological polar surface area (TPSA) is 51.5 Å². The lowest BCUT2D eigenvalue weighted by Crippen LogP contribution is -2.22. The van der Waals surface area contributed by atoms with E-state index in [-0.39, 0.29) is 5.69 Å². The van der Waals surface area contributed by atoms with E-state index in [0.29, 0.717) is 13.3 Å². The van der Waals surface area contributed by atoms with Crippen molar-refractivity contribution in [3.8, 4) is 0 Å². The van der Waals surface area contributed by atoms with Gasteiger partial charge in [-0.2, -0.15) is 0 Å². The summed E-state index contributed by atoms with van der Waals surface area (Å²) in [5.41, 5.74) is 1.18. The monoisotopic (exact) mass is 291 g/mol. The first-order valence-corrected chi connectivity index (χ1v) is 10.5. The Balaban J connectivity index is 2.15. The molecule has 0 saturated heterocycles. The number of para-hydroxylation sites is 1. The zero-order valence-electron chi connectivity index (χ0n) is 12.2. The van der Waals surface area contributed by atoms with Crippen LogP contribution in [0.25, 0.3) is 10.9 Å². The lowest BCUT2D eigenvalue weighted by molar-refractivity contribution is 0.0630. The number of carboxylic acid groups (broad SMARTS) is 1. The number of hydrogen-bond acceptors (Lipinski definition) is 2. The van der Waals surface area contributed by atoms with E-state index in [1.807, 2.05) is 24.3 Å². The van der Waals surface area contributed by atoms with Crippen molar-refractivity contribution in [3.63, 3.8) is 0 Å². The first kappa shape index (κ1) is 14.8. The van der Waals surface area contributed by atoms with Crippen molar-refractivity contribution in [1.82, 2.24) is 4.57 Å². The molecule has 2 rings (SSSR count). The van der Waals surface area contributed by atoms with E-state index in [4.69, 9.17) is 4.74 Å². The number of benzene rings is 1. The third-order valence-electron chi connectivity index (χ3n) is 3.25. The van der Waals surface area contributed by atoms with Gasteiger partial charge in [-0.3, -0.25) is 0 Å². The molecule has 0 unspecified atom stereocenters. The van der Waals surface area contributed by atoms with Gasteiger partial charge in [-0.1, -0.05) is 37.8 Å². The van der Waals surface area contributed by atoms with Crippen LogP contribution in [-0.2, 0) is 11.5 Å². The summed E-state index contributed by atoms with van der Waals surface area (Å²) in [7, 11) is -1.12. The van der Waals surface area contributed by atoms with Crippen LogP contribution >= 0.6 is 0 Å². The van der Waals surface area contributed by atoms with Crippen molar-refractivity contribution in [1.29, 1.82) is 0 Å². The zero-order valence-corrected chi connectivity index (χ0v) is 13.2. The minimum atomic E-state index is -1.12. The Bertz CT molecular complexity index is 613. The maximum Gasteiger partial charge on any atom is 0.352 e. The lowest BCUT2D eigenvalue weighted by Gasteiger charge is -2.16. The first-order valence-electron chi connectivity index (χ1n) is 6.78. The Morgan fingerprint density at radius 1 is 1.30 bits per heavy atom. The Kier molecular flexibility index (Phi) is 4.30. The summed E-state index contributed by atoms with van der Waals surface area (Å²) in [6.45, 7) is 7.86. The molecule has 108 valence electrons. The second-order valence-corrected chi connectivity index (χ2v) is 11.8. The Hall–Kier alpha value is -1.59. The number of nitrogens with zero attached hydrogens (tertiary/aromatic N) is 1. The molecule has 2 aromatic rings. The molecule has 1 heterocycles. The van der Waals surface area contributed by atoms with Crippen molar-refractivity contribution in [2.75, 3.05) is 6.61 Å². The number of hydrogen-bond donors (Lipinski definition) is 1. The second kappa shape index (κ2) is 5.81. The molecule has 1 aromatic heterocycles. The summed E-state index contributed by atoms with van der Waals surface area (Å²) in [4.78, 5) is 11.3. The highest BCUT2D eigenvalue weighted by molar-refractivity contribution is 6.76. The van der Waals surface area contributed by atoms with Gasteiger partial charge in [-0.25, -0.2) is 4.79 Å². The minimum Gasteiger partial charge on any atom is -0.477 e. The maximum absolute atomic E-state index is 11.3. The van der Waals surface area contributed by atoms with Crippen LogP contribution in [0, 0.1) is 0 Å². The number of carboxylic acids is 1. The van der Waals surface area contributed by atoms with Crippen LogP contribution in [0.4, 0.5) is 0 Å². The average molecular weight is 291 g/mol. The quantitative estimate of drug-likeness (QED) is 0.653. The van der Waals surface area contributed by atoms with Crippen LogP contribution in [0.1, 0.15) is 10.5 Å². The highest BCUT2D eigenvalue weighted by atomic mass is 28.3. The molecule has 1 N–H and O–H groups in total. The summed E-state index contributed by atoms with van der Waals surface area (Å²) >= 11 is 0. The van der Waals surface area contributed by atoms with Crippen molar-refractivity contribution >= 4 is 24.9 Å². The van der Waals surface area contributed by atoms with Gasteiger partial charge in [0.1, 0.15) is 12.4 Å². The van der Waals surface area contributed by atoms with Gasteiger partial charge >= 0.3 is 5.97 Å². The molecule has 1 aromatic carbocycles. The third kappa shape index (κ3) is 3.49. The van der Waals surface area contributed by atoms with E-state index in [1.165, 1.54) is 0 Å². The summed E-state index contributed by atoms with van der Waals surface area (Å²) in [5, 5.41) is 10.2. The van der Waals surface area contributed by atoms with Crippen LogP contribution in [0.5, 0.6) is 0 Å². The Labute approximate surface area is 120 Å². The smallest absolute Gasteiger partial charge is 0.352 e. The van der Waals surface area contributed by atoms with E-state index in [9.17, 15) is 9.90 Å². The fourth-order valence-electron chi connectivity index (χ4n) is 2.06. The standard InChI is InChI=1S/C15H21NO3Si/c1-20(2,3)9-8-19-11-16-13-7-5-4-6-12(13)10-14(16)15(17)18/h4-7,10H,8-9,11H2,1-3H3,(H,17,18). The number of ether oxygens (including phenoxy) is 1. The molecule has 0 fully saturated rings. The van der Waals surface area contributed by atoms with Crippen molar-refractivity contribution in [3.05, 3.63) is 36.0 Å². The van der Waals surface area contributed by atoms with E-state index >= 15 is 0 Å². The number of rotatable bonds is 6. The predicted octanol–water partition coefficient (Wildman–Crippen LogP) is 3.65. The van der Waals surface area contributed by atoms with E-state index in [2.05, 4.69) is 19.6 Å². The fraction of sp³-hybridized carbons (Fsp3) is 0.400. The van der Waals surface area contributed by atoms with Gasteiger partial charge in [0.25, 0.3) is 0 Å². The van der Waals surface area contributed by atoms with E-state index in [1.54, 1.807) is 10.6 Å². The summed E-state index contributed by atoms with van der Waals surface area (Å²) in [5.74, 6) is -0.921. The average Bonchev–Trinajstić information content (AvgIpc) is 2.72. The van der Waals surface area contributed by atoms with Crippen molar-refractivity contribution in [2.24, 2.45) is 0 Å².